The zero-order valence-electron chi connectivity index (χ0n) is 20.8. The first-order valence-corrected chi connectivity index (χ1v) is 12.4. The smallest absolute Gasteiger partial charge is 0.410 e. The number of fused-ring (bicyclic) bond motifs is 5. The van der Waals surface area contributed by atoms with Gasteiger partial charge >= 0.3 is 6.09 Å². The van der Waals surface area contributed by atoms with E-state index in [-0.39, 0.29) is 31.3 Å². The Bertz CT molecular complexity index is 1250. The Morgan fingerprint density at radius 3 is 2.56 bits per heavy atom. The van der Waals surface area contributed by atoms with Crippen molar-refractivity contribution in [3.05, 3.63) is 41.5 Å². The van der Waals surface area contributed by atoms with Crippen molar-refractivity contribution in [1.82, 2.24) is 4.90 Å². The fourth-order valence-electron chi connectivity index (χ4n) is 5.78. The summed E-state index contributed by atoms with van der Waals surface area (Å²) in [5.74, 6) is 2.05. The van der Waals surface area contributed by atoms with Crippen LogP contribution in [0.4, 0.5) is 10.5 Å². The second kappa shape index (κ2) is 8.08. The van der Waals surface area contributed by atoms with E-state index in [9.17, 15) is 9.59 Å². The third kappa shape index (κ3) is 3.51. The molecule has 4 heterocycles. The highest BCUT2D eigenvalue weighted by atomic mass is 16.7. The molecule has 6 rings (SSSR count). The Morgan fingerprint density at radius 2 is 1.83 bits per heavy atom. The van der Waals surface area contributed by atoms with Gasteiger partial charge in [-0.3, -0.25) is 4.79 Å². The predicted octanol–water partition coefficient (Wildman–Crippen LogP) is 2.88. The fraction of sp³-hybridized carbons (Fsp3) is 0.481. The maximum Gasteiger partial charge on any atom is 0.410 e. The summed E-state index contributed by atoms with van der Waals surface area (Å²) < 4.78 is 22.7. The number of rotatable bonds is 2. The van der Waals surface area contributed by atoms with Gasteiger partial charge in [0.25, 0.3) is 0 Å². The molecular weight excluding hydrogens is 459 g/mol. The zero-order valence-corrected chi connectivity index (χ0v) is 20.8. The molecule has 0 aromatic heterocycles. The van der Waals surface area contributed by atoms with Crippen LogP contribution in [0.25, 0.3) is 0 Å². The van der Waals surface area contributed by atoms with Crippen molar-refractivity contribution in [2.75, 3.05) is 37.9 Å². The standard InChI is InChI=1S/C27H29BN2O6/c1-26(2,3)36-25(32)29-9-7-16(8-10-29)13-30-19-6-4-5-18(28)23(19)27(24(30)31)14-33-20-12-22-21(11-17(20)27)34-15-35-22/h4-6,11-12,16H,7-10,13-15H2,1-3H3. The van der Waals surface area contributed by atoms with E-state index in [2.05, 4.69) is 0 Å². The van der Waals surface area contributed by atoms with Crippen LogP contribution in [0.2, 0.25) is 0 Å². The lowest BCUT2D eigenvalue weighted by atomic mass is 9.71. The molecule has 0 bridgehead atoms. The van der Waals surface area contributed by atoms with Crippen molar-refractivity contribution in [3.63, 3.8) is 0 Å². The van der Waals surface area contributed by atoms with Crippen LogP contribution in [-0.2, 0) is 14.9 Å². The number of hydrogen-bond acceptors (Lipinski definition) is 6. The molecule has 8 nitrogen and oxygen atoms in total. The number of carbonyl (C=O) groups excluding carboxylic acids is 2. The molecule has 36 heavy (non-hydrogen) atoms. The molecule has 0 saturated carbocycles. The minimum atomic E-state index is -1.02. The topological polar surface area (TPSA) is 77.5 Å². The van der Waals surface area contributed by atoms with E-state index in [0.717, 1.165) is 29.7 Å². The van der Waals surface area contributed by atoms with E-state index in [1.54, 1.807) is 11.0 Å². The van der Waals surface area contributed by atoms with E-state index in [1.807, 2.05) is 49.9 Å². The fourth-order valence-corrected chi connectivity index (χ4v) is 5.78. The highest BCUT2D eigenvalue weighted by Crippen LogP contribution is 2.54. The number of amides is 2. The molecule has 1 saturated heterocycles. The predicted molar refractivity (Wildman–Crippen MR) is 134 cm³/mol. The van der Waals surface area contributed by atoms with Gasteiger partial charge in [0.1, 0.15) is 31.2 Å². The van der Waals surface area contributed by atoms with Gasteiger partial charge in [-0.1, -0.05) is 17.6 Å². The first kappa shape index (κ1) is 23.1. The SMILES string of the molecule is [B]c1cccc2c1C1(COc3cc4c(cc31)OCO4)C(=O)N2CC1CCN(C(=O)OC(C)(C)C)CC1. The monoisotopic (exact) mass is 488 g/mol. The molecule has 4 aliphatic heterocycles. The second-order valence-electron chi connectivity index (χ2n) is 11.0. The largest absolute Gasteiger partial charge is 0.491 e. The molecule has 2 amide bonds. The van der Waals surface area contributed by atoms with E-state index in [1.165, 1.54) is 0 Å². The number of hydrogen-bond donors (Lipinski definition) is 0. The van der Waals surface area contributed by atoms with Gasteiger partial charge in [0.05, 0.1) is 0 Å². The lowest BCUT2D eigenvalue weighted by Gasteiger charge is -2.35. The van der Waals surface area contributed by atoms with Gasteiger partial charge in [-0.05, 0) is 57.2 Å². The van der Waals surface area contributed by atoms with Gasteiger partial charge in [-0.15, -0.1) is 0 Å². The van der Waals surface area contributed by atoms with E-state index >= 15 is 0 Å². The number of carbonyl (C=O) groups is 2. The molecule has 1 atom stereocenters. The van der Waals surface area contributed by atoms with E-state index in [4.69, 9.17) is 26.8 Å². The Balaban J connectivity index is 1.27. The summed E-state index contributed by atoms with van der Waals surface area (Å²) in [6.07, 6.45) is 1.30. The molecule has 4 aliphatic rings. The number of piperidine rings is 1. The lowest BCUT2D eigenvalue weighted by Crippen LogP contribution is -2.47. The molecule has 0 aliphatic carbocycles. The first-order valence-electron chi connectivity index (χ1n) is 12.4. The summed E-state index contributed by atoms with van der Waals surface area (Å²) in [6.45, 7) is 7.69. The van der Waals surface area contributed by atoms with Crippen molar-refractivity contribution in [1.29, 1.82) is 0 Å². The summed E-state index contributed by atoms with van der Waals surface area (Å²) in [5, 5.41) is 0. The van der Waals surface area contributed by atoms with Gasteiger partial charge < -0.3 is 28.7 Å². The summed E-state index contributed by atoms with van der Waals surface area (Å²) in [6, 6.07) is 9.34. The lowest BCUT2D eigenvalue weighted by molar-refractivity contribution is -0.122. The third-order valence-corrected chi connectivity index (χ3v) is 7.49. The van der Waals surface area contributed by atoms with Gasteiger partial charge in [0.15, 0.2) is 11.5 Å². The Kier molecular flexibility index (Phi) is 5.18. The average Bonchev–Trinajstić information content (AvgIpc) is 3.50. The van der Waals surface area contributed by atoms with Crippen LogP contribution >= 0.6 is 0 Å². The van der Waals surface area contributed by atoms with Crippen LogP contribution in [-0.4, -0.2) is 63.4 Å². The maximum atomic E-state index is 14.2. The highest BCUT2D eigenvalue weighted by Gasteiger charge is 2.58. The van der Waals surface area contributed by atoms with E-state index in [0.29, 0.717) is 42.3 Å². The molecule has 1 spiro atoms. The Morgan fingerprint density at radius 1 is 1.11 bits per heavy atom. The molecule has 1 fully saturated rings. The minimum absolute atomic E-state index is 0.0393. The van der Waals surface area contributed by atoms with Gasteiger partial charge in [-0.2, -0.15) is 0 Å². The average molecular weight is 488 g/mol. The molecule has 2 aromatic carbocycles. The molecule has 186 valence electrons. The van der Waals surface area contributed by atoms with Crippen molar-refractivity contribution >= 4 is 31.0 Å². The molecule has 9 heteroatoms. The molecule has 1 unspecified atom stereocenters. The van der Waals surface area contributed by atoms with Gasteiger partial charge in [-0.25, -0.2) is 4.79 Å². The van der Waals surface area contributed by atoms with Crippen molar-refractivity contribution in [3.8, 4) is 17.2 Å². The van der Waals surface area contributed by atoms with Crippen LogP contribution < -0.4 is 24.6 Å². The summed E-state index contributed by atoms with van der Waals surface area (Å²) in [7, 11) is 6.51. The van der Waals surface area contributed by atoms with Crippen molar-refractivity contribution < 1.29 is 28.5 Å². The Labute approximate surface area is 211 Å². The molecular formula is C27H29BN2O6. The quantitative estimate of drug-likeness (QED) is 0.606. The number of likely N-dealkylation sites (tertiary alicyclic amines) is 1. The van der Waals surface area contributed by atoms with Gasteiger partial charge in [0, 0.05) is 37.0 Å². The van der Waals surface area contributed by atoms with Crippen LogP contribution in [0, 0.1) is 5.92 Å². The summed E-state index contributed by atoms with van der Waals surface area (Å²) in [5.41, 5.74) is 1.40. The van der Waals surface area contributed by atoms with Crippen molar-refractivity contribution in [2.45, 2.75) is 44.6 Å². The summed E-state index contributed by atoms with van der Waals surface area (Å²) >= 11 is 0. The summed E-state index contributed by atoms with van der Waals surface area (Å²) in [4.78, 5) is 30.3. The molecule has 2 aromatic rings. The third-order valence-electron chi connectivity index (χ3n) is 7.49. The highest BCUT2D eigenvalue weighted by molar-refractivity contribution is 6.36. The van der Waals surface area contributed by atoms with Crippen LogP contribution in [0.3, 0.4) is 0 Å². The number of nitrogens with zero attached hydrogens (tertiary/aromatic N) is 2. The number of benzene rings is 2. The van der Waals surface area contributed by atoms with Crippen molar-refractivity contribution in [2.24, 2.45) is 5.92 Å². The number of ether oxygens (including phenoxy) is 4. The van der Waals surface area contributed by atoms with Gasteiger partial charge in [0.2, 0.25) is 12.7 Å². The normalized spacial score (nSPS) is 22.6. The second-order valence-corrected chi connectivity index (χ2v) is 11.0. The van der Waals surface area contributed by atoms with Crippen LogP contribution in [0.5, 0.6) is 17.2 Å². The zero-order chi connectivity index (χ0) is 25.2. The van der Waals surface area contributed by atoms with Crippen LogP contribution in [0.15, 0.2) is 30.3 Å². The molecule has 2 radical (unpaired) electrons. The Hall–Kier alpha value is -3.36. The first-order chi connectivity index (χ1) is 17.2. The minimum Gasteiger partial charge on any atom is -0.491 e. The maximum absolute atomic E-state index is 14.2. The van der Waals surface area contributed by atoms with Crippen LogP contribution in [0.1, 0.15) is 44.7 Å². The number of anilines is 1. The van der Waals surface area contributed by atoms with E-state index < -0.39 is 11.0 Å². The molecule has 0 N–H and O–H groups in total.